The molecule has 0 spiro atoms. The number of benzene rings is 3. The Bertz CT molecular complexity index is 1620. The van der Waals surface area contributed by atoms with Crippen molar-refractivity contribution >= 4 is 44.8 Å². The van der Waals surface area contributed by atoms with Crippen LogP contribution in [0.15, 0.2) is 65.6 Å². The molecule has 11 nitrogen and oxygen atoms in total. The highest BCUT2D eigenvalue weighted by Gasteiger charge is 2.35. The summed E-state index contributed by atoms with van der Waals surface area (Å²) < 4.78 is 47.9. The van der Waals surface area contributed by atoms with Crippen molar-refractivity contribution in [3.63, 3.8) is 0 Å². The van der Waals surface area contributed by atoms with Crippen molar-refractivity contribution in [3.05, 3.63) is 92.7 Å². The first kappa shape index (κ1) is 33.3. The predicted octanol–water partition coefficient (Wildman–Crippen LogP) is 4.84. The lowest BCUT2D eigenvalue weighted by atomic mass is 10.1. The lowest BCUT2D eigenvalue weighted by Crippen LogP contribution is -2.52. The molecule has 14 heteroatoms. The van der Waals surface area contributed by atoms with Gasteiger partial charge in [0, 0.05) is 29.2 Å². The Labute approximate surface area is 254 Å². The van der Waals surface area contributed by atoms with E-state index in [1.54, 1.807) is 13.8 Å². The number of carbonyl (C=O) groups is 2. The average molecular weight is 635 g/mol. The molecule has 0 bridgehead atoms. The van der Waals surface area contributed by atoms with E-state index in [1.807, 2.05) is 0 Å². The van der Waals surface area contributed by atoms with Gasteiger partial charge in [0.15, 0.2) is 0 Å². The van der Waals surface area contributed by atoms with Crippen molar-refractivity contribution in [1.29, 1.82) is 0 Å². The number of nitrogens with zero attached hydrogens (tertiary/aromatic N) is 3. The van der Waals surface area contributed by atoms with Crippen molar-refractivity contribution < 1.29 is 32.1 Å². The lowest BCUT2D eigenvalue weighted by Gasteiger charge is -2.32. The topological polar surface area (TPSA) is 139 Å². The van der Waals surface area contributed by atoms with Crippen LogP contribution in [0.1, 0.15) is 31.9 Å². The summed E-state index contributed by atoms with van der Waals surface area (Å²) in [6.45, 7) is 5.46. The summed E-state index contributed by atoms with van der Waals surface area (Å²) in [7, 11) is -3.35. The van der Waals surface area contributed by atoms with Crippen LogP contribution in [0.25, 0.3) is 0 Å². The van der Waals surface area contributed by atoms with Gasteiger partial charge in [-0.2, -0.15) is 0 Å². The number of hydrogen-bond acceptors (Lipinski definition) is 7. The lowest BCUT2D eigenvalue weighted by molar-refractivity contribution is -0.385. The van der Waals surface area contributed by atoms with Gasteiger partial charge in [-0.05, 0) is 69.7 Å². The number of hydrogen-bond donors (Lipinski definition) is 1. The van der Waals surface area contributed by atoms with E-state index in [-0.39, 0.29) is 34.6 Å². The fourth-order valence-electron chi connectivity index (χ4n) is 4.22. The van der Waals surface area contributed by atoms with Crippen LogP contribution in [0, 0.1) is 22.9 Å². The predicted molar refractivity (Wildman–Crippen MR) is 160 cm³/mol. The summed E-state index contributed by atoms with van der Waals surface area (Å²) in [6, 6.07) is 11.5. The number of anilines is 1. The van der Waals surface area contributed by atoms with Gasteiger partial charge in [0.25, 0.3) is 15.7 Å². The van der Waals surface area contributed by atoms with Crippen LogP contribution in [-0.2, 0) is 26.2 Å². The van der Waals surface area contributed by atoms with Crippen LogP contribution in [0.2, 0.25) is 5.02 Å². The smallest absolute Gasteiger partial charge is 0.273 e. The van der Waals surface area contributed by atoms with Gasteiger partial charge in [-0.25, -0.2) is 12.8 Å². The van der Waals surface area contributed by atoms with Gasteiger partial charge in [-0.15, -0.1) is 0 Å². The first-order chi connectivity index (χ1) is 20.1. The summed E-state index contributed by atoms with van der Waals surface area (Å²) in [5.74, 6) is -1.72. The van der Waals surface area contributed by atoms with Crippen molar-refractivity contribution in [3.8, 4) is 5.75 Å². The molecule has 0 aliphatic rings. The van der Waals surface area contributed by atoms with Crippen molar-refractivity contribution in [2.24, 2.45) is 0 Å². The number of carbonyl (C=O) groups excluding carboxylic acids is 2. The Morgan fingerprint density at radius 2 is 1.72 bits per heavy atom. The minimum Gasteiger partial charge on any atom is -0.495 e. The zero-order chi connectivity index (χ0) is 32.1. The second kappa shape index (κ2) is 13.8. The molecule has 0 fully saturated rings. The van der Waals surface area contributed by atoms with Crippen LogP contribution in [0.3, 0.4) is 0 Å². The minimum atomic E-state index is -4.66. The first-order valence-corrected chi connectivity index (χ1v) is 14.9. The van der Waals surface area contributed by atoms with Crippen molar-refractivity contribution in [1.82, 2.24) is 10.2 Å². The fraction of sp³-hybridized carbons (Fsp3) is 0.310. The van der Waals surface area contributed by atoms with Crippen molar-refractivity contribution in [2.75, 3.05) is 18.0 Å². The van der Waals surface area contributed by atoms with Gasteiger partial charge < -0.3 is 15.0 Å². The minimum absolute atomic E-state index is 0.0538. The highest BCUT2D eigenvalue weighted by atomic mass is 35.5. The van der Waals surface area contributed by atoms with E-state index in [9.17, 15) is 32.5 Å². The van der Waals surface area contributed by atoms with Gasteiger partial charge in [0.2, 0.25) is 11.8 Å². The van der Waals surface area contributed by atoms with E-state index in [0.717, 1.165) is 10.4 Å². The number of rotatable bonds is 12. The van der Waals surface area contributed by atoms with E-state index >= 15 is 0 Å². The Balaban J connectivity index is 2.16. The molecule has 3 aromatic rings. The first-order valence-electron chi connectivity index (χ1n) is 13.1. The Morgan fingerprint density at radius 1 is 1.07 bits per heavy atom. The number of nitro groups is 1. The maximum Gasteiger partial charge on any atom is 0.273 e. The van der Waals surface area contributed by atoms with Gasteiger partial charge in [0.1, 0.15) is 24.2 Å². The maximum atomic E-state index is 14.1. The molecule has 43 heavy (non-hydrogen) atoms. The number of methoxy groups -OCH3 is 1. The van der Waals surface area contributed by atoms with Gasteiger partial charge in [-0.1, -0.05) is 29.8 Å². The summed E-state index contributed by atoms with van der Waals surface area (Å²) >= 11 is 6.22. The van der Waals surface area contributed by atoms with E-state index in [1.165, 1.54) is 80.5 Å². The fourth-order valence-corrected chi connectivity index (χ4v) is 5.82. The summed E-state index contributed by atoms with van der Waals surface area (Å²) in [5, 5.41) is 14.5. The molecule has 0 unspecified atom stereocenters. The molecule has 0 heterocycles. The monoisotopic (exact) mass is 634 g/mol. The molecule has 0 aliphatic heterocycles. The highest BCUT2D eigenvalue weighted by molar-refractivity contribution is 7.92. The standard InChI is InChI=1S/C29H32ClFN4O7S/c1-18(2)32-29(37)20(4)33(16-21-7-10-23(31)11-8-21)28(36)17-34(26-14-22(30)9-13-27(26)42-5)43(40,41)24-12-6-19(3)25(15-24)35(38)39/h6-15,18,20H,16-17H2,1-5H3,(H,32,37)/t20-/m0/s1. The van der Waals surface area contributed by atoms with E-state index in [0.29, 0.717) is 5.56 Å². The highest BCUT2D eigenvalue weighted by Crippen LogP contribution is 2.36. The third kappa shape index (κ3) is 7.99. The summed E-state index contributed by atoms with van der Waals surface area (Å²) in [4.78, 5) is 38.6. The maximum absolute atomic E-state index is 14.1. The van der Waals surface area contributed by atoms with E-state index in [4.69, 9.17) is 16.3 Å². The third-order valence-corrected chi connectivity index (χ3v) is 8.51. The largest absolute Gasteiger partial charge is 0.495 e. The third-order valence-electron chi connectivity index (χ3n) is 6.52. The molecule has 0 aromatic heterocycles. The zero-order valence-electron chi connectivity index (χ0n) is 24.2. The molecule has 2 amide bonds. The summed E-state index contributed by atoms with van der Waals surface area (Å²) in [6.07, 6.45) is 0. The number of nitro benzene ring substituents is 1. The van der Waals surface area contributed by atoms with Crippen LogP contribution in [0.4, 0.5) is 15.8 Å². The molecule has 0 radical (unpaired) electrons. The SMILES string of the molecule is COc1ccc(Cl)cc1N(CC(=O)N(Cc1ccc(F)cc1)[C@@H](C)C(=O)NC(C)C)S(=O)(=O)c1ccc(C)c([N+](=O)[O-])c1. The number of nitrogens with one attached hydrogen (secondary N) is 1. The van der Waals surface area contributed by atoms with E-state index in [2.05, 4.69) is 5.32 Å². The van der Waals surface area contributed by atoms with Gasteiger partial charge in [0.05, 0.1) is 22.6 Å². The van der Waals surface area contributed by atoms with Crippen LogP contribution in [0.5, 0.6) is 5.75 Å². The van der Waals surface area contributed by atoms with Crippen LogP contribution >= 0.6 is 11.6 Å². The molecule has 230 valence electrons. The molecule has 0 saturated heterocycles. The zero-order valence-corrected chi connectivity index (χ0v) is 25.8. The van der Waals surface area contributed by atoms with E-state index < -0.39 is 55.7 Å². The molecule has 3 rings (SSSR count). The molecule has 3 aromatic carbocycles. The molecule has 0 saturated carbocycles. The Morgan fingerprint density at radius 3 is 2.30 bits per heavy atom. The molecule has 0 aliphatic carbocycles. The molecular formula is C29H32ClFN4O7S. The number of ether oxygens (including phenoxy) is 1. The van der Waals surface area contributed by atoms with Gasteiger partial charge >= 0.3 is 0 Å². The number of aryl methyl sites for hydroxylation is 1. The molecular weight excluding hydrogens is 603 g/mol. The molecule has 1 atom stereocenters. The normalized spacial score (nSPS) is 12.0. The second-order valence-corrected chi connectivity index (χ2v) is 12.3. The number of halogens is 2. The van der Waals surface area contributed by atoms with Gasteiger partial charge in [-0.3, -0.25) is 24.0 Å². The van der Waals surface area contributed by atoms with Crippen molar-refractivity contribution in [2.45, 2.75) is 51.2 Å². The average Bonchev–Trinajstić information content (AvgIpc) is 2.94. The quantitative estimate of drug-likeness (QED) is 0.222. The van der Waals surface area contributed by atoms with Crippen LogP contribution < -0.4 is 14.4 Å². The summed E-state index contributed by atoms with van der Waals surface area (Å²) in [5.41, 5.74) is 0.195. The van der Waals surface area contributed by atoms with Crippen LogP contribution in [-0.4, -0.2) is 55.8 Å². The Kier molecular flexibility index (Phi) is 10.7. The number of sulfonamides is 1. The second-order valence-electron chi connectivity index (χ2n) is 10.0. The molecule has 1 N–H and O–H groups in total. The number of amides is 2. The Hall–Kier alpha value is -4.23.